The van der Waals surface area contributed by atoms with Crippen LogP contribution in [0.25, 0.3) is 56.1 Å². The minimum absolute atomic E-state index is 0.0606. The van der Waals surface area contributed by atoms with Crippen molar-refractivity contribution >= 4 is 33.5 Å². The summed E-state index contributed by atoms with van der Waals surface area (Å²) in [5, 5.41) is 10.2. The quantitative estimate of drug-likeness (QED) is 0.272. The molecule has 7 aromatic rings. The van der Waals surface area contributed by atoms with Crippen molar-refractivity contribution in [2.45, 2.75) is 0 Å². The molecular formula is C29H18FN9O. The van der Waals surface area contributed by atoms with Gasteiger partial charge in [0.15, 0.2) is 11.6 Å². The number of carbonyl (C=O) groups excluding carboxylic acids is 1. The molecule has 0 saturated heterocycles. The number of H-pyrrole nitrogens is 2. The number of imidazole rings is 1. The zero-order valence-electron chi connectivity index (χ0n) is 20.6. The van der Waals surface area contributed by atoms with Crippen molar-refractivity contribution in [2.24, 2.45) is 0 Å². The summed E-state index contributed by atoms with van der Waals surface area (Å²) in [7, 11) is 0. The first-order valence-corrected chi connectivity index (χ1v) is 12.3. The SMILES string of the molecule is O=C(Nc1cncc(-c2ncc3[nH]nc(-c4nc5c(-c6ccccn6)nccc5[nH]4)c3c2F)c1)c1ccccc1. The second-order valence-corrected chi connectivity index (χ2v) is 8.92. The number of nitrogens with zero attached hydrogens (tertiary/aromatic N) is 6. The molecule has 3 N–H and O–H groups in total. The Morgan fingerprint density at radius 3 is 2.55 bits per heavy atom. The average Bonchev–Trinajstić information content (AvgIpc) is 3.63. The molecule has 0 aliphatic carbocycles. The summed E-state index contributed by atoms with van der Waals surface area (Å²) in [6.07, 6.45) is 7.83. The summed E-state index contributed by atoms with van der Waals surface area (Å²) in [5.74, 6) is -0.535. The number of rotatable bonds is 5. The van der Waals surface area contributed by atoms with E-state index in [1.54, 1.807) is 48.8 Å². The predicted molar refractivity (Wildman–Crippen MR) is 148 cm³/mol. The van der Waals surface area contributed by atoms with Crippen LogP contribution in [0.15, 0.2) is 91.6 Å². The Morgan fingerprint density at radius 2 is 1.70 bits per heavy atom. The van der Waals surface area contributed by atoms with Crippen LogP contribution in [0.2, 0.25) is 0 Å². The van der Waals surface area contributed by atoms with Crippen LogP contribution in [0, 0.1) is 5.82 Å². The van der Waals surface area contributed by atoms with E-state index in [9.17, 15) is 4.79 Å². The molecule has 0 radical (unpaired) electrons. The van der Waals surface area contributed by atoms with Crippen LogP contribution in [-0.4, -0.2) is 46.0 Å². The number of halogens is 1. The highest BCUT2D eigenvalue weighted by atomic mass is 19.1. The first-order chi connectivity index (χ1) is 19.7. The van der Waals surface area contributed by atoms with Crippen molar-refractivity contribution in [3.63, 3.8) is 0 Å². The summed E-state index contributed by atoms with van der Waals surface area (Å²) in [5.41, 5.74) is 4.62. The van der Waals surface area contributed by atoms with Gasteiger partial charge in [0, 0.05) is 29.7 Å². The van der Waals surface area contributed by atoms with E-state index in [0.717, 1.165) is 0 Å². The number of anilines is 1. The molecule has 192 valence electrons. The fourth-order valence-electron chi connectivity index (χ4n) is 4.52. The number of aromatic amines is 2. The highest BCUT2D eigenvalue weighted by Crippen LogP contribution is 2.34. The first-order valence-electron chi connectivity index (χ1n) is 12.3. The van der Waals surface area contributed by atoms with Gasteiger partial charge < -0.3 is 10.3 Å². The molecule has 0 saturated carbocycles. The maximum Gasteiger partial charge on any atom is 0.255 e. The lowest BCUT2D eigenvalue weighted by Crippen LogP contribution is -2.11. The maximum atomic E-state index is 16.1. The second-order valence-electron chi connectivity index (χ2n) is 8.92. The molecule has 40 heavy (non-hydrogen) atoms. The third kappa shape index (κ3) is 4.02. The van der Waals surface area contributed by atoms with Crippen molar-refractivity contribution in [3.05, 3.63) is 103 Å². The Balaban J connectivity index is 1.29. The minimum Gasteiger partial charge on any atom is -0.336 e. The van der Waals surface area contributed by atoms with Crippen LogP contribution in [0.1, 0.15) is 10.4 Å². The summed E-state index contributed by atoms with van der Waals surface area (Å²) in [6.45, 7) is 0. The number of benzene rings is 1. The molecule has 0 spiro atoms. The number of pyridine rings is 4. The topological polar surface area (TPSA) is 138 Å². The summed E-state index contributed by atoms with van der Waals surface area (Å²) in [6, 6.07) is 17.7. The lowest BCUT2D eigenvalue weighted by molar-refractivity contribution is 0.102. The van der Waals surface area contributed by atoms with E-state index in [0.29, 0.717) is 56.3 Å². The van der Waals surface area contributed by atoms with Crippen LogP contribution in [0.3, 0.4) is 0 Å². The van der Waals surface area contributed by atoms with E-state index in [2.05, 4.69) is 40.4 Å². The normalized spacial score (nSPS) is 11.2. The van der Waals surface area contributed by atoms with Gasteiger partial charge in [0.25, 0.3) is 5.91 Å². The Kier molecular flexibility index (Phi) is 5.52. The van der Waals surface area contributed by atoms with Crippen molar-refractivity contribution in [2.75, 3.05) is 5.32 Å². The average molecular weight is 528 g/mol. The van der Waals surface area contributed by atoms with E-state index < -0.39 is 5.82 Å². The Bertz CT molecular complexity index is 2020. The van der Waals surface area contributed by atoms with Gasteiger partial charge in [0.2, 0.25) is 0 Å². The van der Waals surface area contributed by atoms with E-state index in [1.165, 1.54) is 18.6 Å². The third-order valence-corrected chi connectivity index (χ3v) is 6.38. The predicted octanol–water partition coefficient (Wildman–Crippen LogP) is 5.41. The van der Waals surface area contributed by atoms with Crippen molar-refractivity contribution in [1.29, 1.82) is 0 Å². The number of aromatic nitrogens is 8. The van der Waals surface area contributed by atoms with E-state index >= 15 is 4.39 Å². The van der Waals surface area contributed by atoms with Gasteiger partial charge in [-0.05, 0) is 36.4 Å². The van der Waals surface area contributed by atoms with Crippen LogP contribution >= 0.6 is 0 Å². The number of nitrogens with one attached hydrogen (secondary N) is 3. The van der Waals surface area contributed by atoms with E-state index in [-0.39, 0.29) is 17.0 Å². The molecule has 6 aromatic heterocycles. The van der Waals surface area contributed by atoms with Gasteiger partial charge >= 0.3 is 0 Å². The van der Waals surface area contributed by atoms with Crippen molar-refractivity contribution in [1.82, 2.24) is 40.1 Å². The smallest absolute Gasteiger partial charge is 0.255 e. The highest BCUT2D eigenvalue weighted by Gasteiger charge is 2.22. The van der Waals surface area contributed by atoms with Crippen LogP contribution in [0.5, 0.6) is 0 Å². The molecule has 0 aliphatic rings. The number of fused-ring (bicyclic) bond motifs is 2. The lowest BCUT2D eigenvalue weighted by Gasteiger charge is -2.08. The van der Waals surface area contributed by atoms with Gasteiger partial charge in [-0.3, -0.25) is 29.8 Å². The summed E-state index contributed by atoms with van der Waals surface area (Å²) in [4.78, 5) is 37.9. The molecular weight excluding hydrogens is 509 g/mol. The molecule has 0 unspecified atom stereocenters. The summed E-state index contributed by atoms with van der Waals surface area (Å²) < 4.78 is 16.1. The fourth-order valence-corrected chi connectivity index (χ4v) is 4.52. The zero-order chi connectivity index (χ0) is 27.1. The number of hydrogen-bond donors (Lipinski definition) is 3. The Labute approximate surface area is 225 Å². The van der Waals surface area contributed by atoms with Gasteiger partial charge in [-0.1, -0.05) is 24.3 Å². The van der Waals surface area contributed by atoms with Gasteiger partial charge in [-0.2, -0.15) is 5.10 Å². The lowest BCUT2D eigenvalue weighted by atomic mass is 10.1. The molecule has 10 nitrogen and oxygen atoms in total. The van der Waals surface area contributed by atoms with Crippen molar-refractivity contribution < 1.29 is 9.18 Å². The van der Waals surface area contributed by atoms with Gasteiger partial charge in [-0.25, -0.2) is 9.37 Å². The van der Waals surface area contributed by atoms with Crippen molar-refractivity contribution in [3.8, 4) is 34.2 Å². The molecule has 1 amide bonds. The molecule has 1 aromatic carbocycles. The highest BCUT2D eigenvalue weighted by molar-refractivity contribution is 6.04. The Hall–Kier alpha value is -5.84. The maximum absolute atomic E-state index is 16.1. The second kappa shape index (κ2) is 9.48. The van der Waals surface area contributed by atoms with Crippen LogP contribution < -0.4 is 5.32 Å². The fraction of sp³-hybridized carbons (Fsp3) is 0. The molecule has 0 fully saturated rings. The standard InChI is InChI=1S/C29H18FN9O/c30-23-22-21(15-34-24(23)17-12-18(14-31-13-17)35-29(40)16-6-2-1-3-7-16)38-39-27(22)28-36-20-9-11-33-25(26(20)37-28)19-8-4-5-10-32-19/h1-15H,(H,35,40)(H,36,37)(H,38,39). The van der Waals surface area contributed by atoms with Crippen LogP contribution in [-0.2, 0) is 0 Å². The molecule has 6 heterocycles. The van der Waals surface area contributed by atoms with E-state index in [4.69, 9.17) is 4.98 Å². The molecule has 0 aliphatic heterocycles. The number of hydrogen-bond acceptors (Lipinski definition) is 7. The third-order valence-electron chi connectivity index (χ3n) is 6.38. The van der Waals surface area contributed by atoms with Crippen LogP contribution in [0.4, 0.5) is 10.1 Å². The largest absolute Gasteiger partial charge is 0.336 e. The molecule has 11 heteroatoms. The summed E-state index contributed by atoms with van der Waals surface area (Å²) >= 11 is 0. The molecule has 0 bridgehead atoms. The van der Waals surface area contributed by atoms with Gasteiger partial charge in [-0.15, -0.1) is 0 Å². The van der Waals surface area contributed by atoms with Gasteiger partial charge in [0.05, 0.1) is 40.2 Å². The number of carbonyl (C=O) groups is 1. The zero-order valence-corrected chi connectivity index (χ0v) is 20.6. The first kappa shape index (κ1) is 23.3. The number of amides is 1. The van der Waals surface area contributed by atoms with E-state index in [1.807, 2.05) is 24.3 Å². The Morgan fingerprint density at radius 1 is 0.825 bits per heavy atom. The minimum atomic E-state index is -0.599. The van der Waals surface area contributed by atoms with Gasteiger partial charge in [0.1, 0.15) is 22.6 Å². The monoisotopic (exact) mass is 527 g/mol. The molecule has 7 rings (SSSR count). The molecule has 0 atom stereocenters.